The number of halogens is 3. The van der Waals surface area contributed by atoms with Crippen molar-refractivity contribution in [3.8, 4) is 5.82 Å². The Labute approximate surface area is 190 Å². The Kier molecular flexibility index (Phi) is 5.23. The number of piperazine rings is 1. The van der Waals surface area contributed by atoms with Gasteiger partial charge in [-0.2, -0.15) is 18.3 Å². The molecule has 0 saturated carbocycles. The van der Waals surface area contributed by atoms with Crippen LogP contribution in [0.4, 0.5) is 18.3 Å². The summed E-state index contributed by atoms with van der Waals surface area (Å²) in [5.74, 6) is 0.0464. The monoisotopic (exact) mass is 473 g/mol. The lowest BCUT2D eigenvalue weighted by Crippen LogP contribution is -2.48. The lowest BCUT2D eigenvalue weighted by Gasteiger charge is -2.34. The molecule has 12 heteroatoms. The third-order valence-corrected chi connectivity index (χ3v) is 6.56. The van der Waals surface area contributed by atoms with Crippen LogP contribution in [0.1, 0.15) is 21.6 Å². The van der Waals surface area contributed by atoms with Gasteiger partial charge >= 0.3 is 6.18 Å². The molecule has 1 saturated heterocycles. The maximum absolute atomic E-state index is 13.1. The van der Waals surface area contributed by atoms with Gasteiger partial charge in [0.15, 0.2) is 10.9 Å². The smallest absolute Gasteiger partial charge is 0.344 e. The van der Waals surface area contributed by atoms with E-state index in [1.54, 1.807) is 18.0 Å². The molecular weight excluding hydrogens is 455 g/mol. The minimum absolute atomic E-state index is 0.170. The number of hydrogen-bond donors (Lipinski definition) is 0. The summed E-state index contributed by atoms with van der Waals surface area (Å²) in [7, 11) is 0. The molecular formula is C21H18F3N7OS. The zero-order valence-electron chi connectivity index (χ0n) is 17.5. The van der Waals surface area contributed by atoms with Gasteiger partial charge in [-0.05, 0) is 31.2 Å². The van der Waals surface area contributed by atoms with Crippen LogP contribution < -0.4 is 4.90 Å². The van der Waals surface area contributed by atoms with Crippen LogP contribution >= 0.6 is 11.3 Å². The summed E-state index contributed by atoms with van der Waals surface area (Å²) in [6.07, 6.45) is -0.531. The topological polar surface area (TPSA) is 80.0 Å². The van der Waals surface area contributed by atoms with E-state index in [4.69, 9.17) is 0 Å². The highest BCUT2D eigenvalue weighted by Gasteiger charge is 2.31. The van der Waals surface area contributed by atoms with Crippen molar-refractivity contribution in [3.63, 3.8) is 0 Å². The number of alkyl halides is 3. The summed E-state index contributed by atoms with van der Waals surface area (Å²) >= 11 is 1.53. The molecule has 1 fully saturated rings. The molecule has 0 aliphatic carbocycles. The Morgan fingerprint density at radius 3 is 2.52 bits per heavy atom. The van der Waals surface area contributed by atoms with E-state index in [2.05, 4.69) is 25.0 Å². The van der Waals surface area contributed by atoms with Crippen LogP contribution in [0.25, 0.3) is 16.2 Å². The van der Waals surface area contributed by atoms with Crippen molar-refractivity contribution in [2.45, 2.75) is 13.1 Å². The van der Waals surface area contributed by atoms with Gasteiger partial charge in [-0.15, -0.1) is 0 Å². The number of carbonyl (C=O) groups excluding carboxylic acids is 1. The van der Waals surface area contributed by atoms with Gasteiger partial charge in [-0.3, -0.25) is 4.79 Å². The Bertz CT molecular complexity index is 1270. The number of rotatable bonds is 3. The van der Waals surface area contributed by atoms with E-state index in [-0.39, 0.29) is 11.7 Å². The second-order valence-electron chi connectivity index (χ2n) is 7.56. The minimum Gasteiger partial charge on any atom is -0.344 e. The van der Waals surface area contributed by atoms with Crippen molar-refractivity contribution < 1.29 is 18.0 Å². The van der Waals surface area contributed by atoms with Gasteiger partial charge in [0.25, 0.3) is 5.91 Å². The fourth-order valence-electron chi connectivity index (χ4n) is 3.69. The first-order chi connectivity index (χ1) is 15.8. The van der Waals surface area contributed by atoms with Gasteiger partial charge < -0.3 is 9.80 Å². The van der Waals surface area contributed by atoms with Crippen LogP contribution in [-0.2, 0) is 6.18 Å². The molecule has 0 bridgehead atoms. The molecule has 8 nitrogen and oxygen atoms in total. The fraction of sp³-hybridized carbons (Fsp3) is 0.286. The van der Waals surface area contributed by atoms with Gasteiger partial charge in [-0.25, -0.2) is 19.6 Å². The standard InChI is InChI=1S/C21H18F3N7OS/c1-13-15(12-27-31(13)17-5-4-14(11-26-17)21(22,23)24)19(32)29-7-9-30(10-8-29)20-28-16-3-2-6-25-18(16)33-20/h2-6,11-12H,7-10H2,1H3. The molecule has 1 amide bonds. The molecule has 0 atom stereocenters. The van der Waals surface area contributed by atoms with Gasteiger partial charge in [-0.1, -0.05) is 11.3 Å². The molecule has 33 heavy (non-hydrogen) atoms. The van der Waals surface area contributed by atoms with Crippen molar-refractivity contribution >= 4 is 32.7 Å². The molecule has 4 aromatic rings. The quantitative estimate of drug-likeness (QED) is 0.453. The number of carbonyl (C=O) groups is 1. The average Bonchev–Trinajstić information content (AvgIpc) is 3.42. The Morgan fingerprint density at radius 2 is 1.85 bits per heavy atom. The summed E-state index contributed by atoms with van der Waals surface area (Å²) in [6.45, 7) is 4.01. The first-order valence-corrected chi connectivity index (χ1v) is 11.0. The van der Waals surface area contributed by atoms with E-state index in [9.17, 15) is 18.0 Å². The van der Waals surface area contributed by atoms with Crippen LogP contribution in [0.5, 0.6) is 0 Å². The molecule has 1 aliphatic rings. The van der Waals surface area contributed by atoms with Crippen molar-refractivity contribution in [1.29, 1.82) is 0 Å². The molecule has 4 aromatic heterocycles. The number of thiazole rings is 1. The maximum atomic E-state index is 13.1. The number of hydrogen-bond acceptors (Lipinski definition) is 7. The fourth-order valence-corrected chi connectivity index (χ4v) is 4.65. The van der Waals surface area contributed by atoms with Crippen molar-refractivity contribution in [2.75, 3.05) is 31.1 Å². The Hall–Kier alpha value is -3.54. The van der Waals surface area contributed by atoms with Crippen LogP contribution in [0.2, 0.25) is 0 Å². The SMILES string of the molecule is Cc1c(C(=O)N2CCN(c3nc4cccnc4s3)CC2)cnn1-c1ccc(C(F)(F)F)cn1. The lowest BCUT2D eigenvalue weighted by molar-refractivity contribution is -0.137. The molecule has 5 rings (SSSR count). The molecule has 0 spiro atoms. The van der Waals surface area contributed by atoms with E-state index >= 15 is 0 Å². The van der Waals surface area contributed by atoms with E-state index in [1.807, 2.05) is 12.1 Å². The van der Waals surface area contributed by atoms with Crippen molar-refractivity contribution in [2.24, 2.45) is 0 Å². The van der Waals surface area contributed by atoms with E-state index in [0.717, 1.165) is 27.7 Å². The normalized spacial score (nSPS) is 14.8. The van der Waals surface area contributed by atoms with E-state index in [0.29, 0.717) is 37.4 Å². The van der Waals surface area contributed by atoms with Gasteiger partial charge in [0.2, 0.25) is 0 Å². The number of nitrogens with zero attached hydrogens (tertiary/aromatic N) is 7. The molecule has 0 aromatic carbocycles. The third kappa shape index (κ3) is 4.01. The second-order valence-corrected chi connectivity index (χ2v) is 8.52. The highest BCUT2D eigenvalue weighted by atomic mass is 32.1. The lowest BCUT2D eigenvalue weighted by atomic mass is 10.2. The summed E-state index contributed by atoms with van der Waals surface area (Å²) in [5.41, 5.74) is 0.936. The summed E-state index contributed by atoms with van der Waals surface area (Å²) in [4.78, 5) is 30.7. The number of fused-ring (bicyclic) bond motifs is 1. The van der Waals surface area contributed by atoms with Gasteiger partial charge in [0.1, 0.15) is 10.3 Å². The zero-order valence-corrected chi connectivity index (χ0v) is 18.3. The molecule has 1 aliphatic heterocycles. The molecule has 170 valence electrons. The van der Waals surface area contributed by atoms with Crippen LogP contribution in [0, 0.1) is 6.92 Å². The summed E-state index contributed by atoms with van der Waals surface area (Å²) in [6, 6.07) is 5.96. The first-order valence-electron chi connectivity index (χ1n) is 10.2. The summed E-state index contributed by atoms with van der Waals surface area (Å²) < 4.78 is 39.7. The van der Waals surface area contributed by atoms with Gasteiger partial charge in [0.05, 0.1) is 23.0 Å². The zero-order chi connectivity index (χ0) is 23.2. The molecule has 0 radical (unpaired) electrons. The van der Waals surface area contributed by atoms with Crippen LogP contribution in [0.15, 0.2) is 42.9 Å². The molecule has 0 N–H and O–H groups in total. The Balaban J connectivity index is 1.28. The summed E-state index contributed by atoms with van der Waals surface area (Å²) in [5, 5.41) is 5.06. The second kappa shape index (κ2) is 8.10. The van der Waals surface area contributed by atoms with Gasteiger partial charge in [0, 0.05) is 38.6 Å². The van der Waals surface area contributed by atoms with Crippen LogP contribution in [-0.4, -0.2) is 61.7 Å². The number of anilines is 1. The number of amides is 1. The van der Waals surface area contributed by atoms with Crippen molar-refractivity contribution in [1.82, 2.24) is 29.6 Å². The van der Waals surface area contributed by atoms with E-state index in [1.165, 1.54) is 28.3 Å². The third-order valence-electron chi connectivity index (χ3n) is 5.52. The largest absolute Gasteiger partial charge is 0.417 e. The minimum atomic E-state index is -4.46. The predicted molar refractivity (Wildman–Crippen MR) is 117 cm³/mol. The number of pyridine rings is 2. The van der Waals surface area contributed by atoms with Crippen LogP contribution in [0.3, 0.4) is 0 Å². The average molecular weight is 473 g/mol. The number of aromatic nitrogens is 5. The van der Waals surface area contributed by atoms with E-state index < -0.39 is 11.7 Å². The van der Waals surface area contributed by atoms with Crippen molar-refractivity contribution in [3.05, 3.63) is 59.7 Å². The molecule has 0 unspecified atom stereocenters. The Morgan fingerprint density at radius 1 is 1.06 bits per heavy atom. The predicted octanol–water partition coefficient (Wildman–Crippen LogP) is 3.56. The highest BCUT2D eigenvalue weighted by Crippen LogP contribution is 2.29. The molecule has 5 heterocycles. The maximum Gasteiger partial charge on any atom is 0.417 e. The first kappa shape index (κ1) is 21.3. The highest BCUT2D eigenvalue weighted by molar-refractivity contribution is 7.21.